The van der Waals surface area contributed by atoms with Crippen LogP contribution in [0.25, 0.3) is 0 Å². The number of hydrogen-bond acceptors (Lipinski definition) is 2. The molecule has 110 valence electrons. The van der Waals surface area contributed by atoms with Crippen molar-refractivity contribution >= 4 is 6.09 Å². The van der Waals surface area contributed by atoms with Gasteiger partial charge in [0.15, 0.2) is 0 Å². The fourth-order valence-corrected chi connectivity index (χ4v) is 3.33. The third-order valence-electron chi connectivity index (χ3n) is 4.29. The van der Waals surface area contributed by atoms with Crippen molar-refractivity contribution in [1.29, 1.82) is 0 Å². The molecule has 2 heterocycles. The maximum absolute atomic E-state index is 12.4. The predicted octanol–water partition coefficient (Wildman–Crippen LogP) is 4.06. The molecule has 0 radical (unpaired) electrons. The van der Waals surface area contributed by atoms with Crippen molar-refractivity contribution in [2.75, 3.05) is 0 Å². The van der Waals surface area contributed by atoms with Crippen LogP contribution < -0.4 is 0 Å². The Bertz CT molecular complexity index is 550. The van der Waals surface area contributed by atoms with Crippen molar-refractivity contribution in [2.45, 2.75) is 44.4 Å². The Morgan fingerprint density at radius 3 is 2.86 bits per heavy atom. The standard InChI is InChI=1S/C18H21NO2/c1-2-6-15-11-16-9-10-17(12-15)19(16)18(20)21-13-14-7-4-3-5-8-14/h2-5,7-8,11,16-17H,1,6,9-10,12-13H2. The van der Waals surface area contributed by atoms with Gasteiger partial charge in [-0.2, -0.15) is 0 Å². The number of amides is 1. The highest BCUT2D eigenvalue weighted by Crippen LogP contribution is 2.36. The Morgan fingerprint density at radius 2 is 2.14 bits per heavy atom. The van der Waals surface area contributed by atoms with Crippen molar-refractivity contribution in [3.63, 3.8) is 0 Å². The molecule has 2 unspecified atom stereocenters. The lowest BCUT2D eigenvalue weighted by Crippen LogP contribution is -2.43. The summed E-state index contributed by atoms with van der Waals surface area (Å²) in [6.07, 6.45) is 8.00. The average molecular weight is 283 g/mol. The fraction of sp³-hybridized carbons (Fsp3) is 0.389. The first kappa shape index (κ1) is 13.9. The fourth-order valence-electron chi connectivity index (χ4n) is 3.33. The van der Waals surface area contributed by atoms with Crippen LogP contribution in [0.15, 0.2) is 54.6 Å². The zero-order valence-electron chi connectivity index (χ0n) is 12.2. The van der Waals surface area contributed by atoms with Crippen LogP contribution in [0.5, 0.6) is 0 Å². The molecule has 2 aliphatic heterocycles. The van der Waals surface area contributed by atoms with Crippen LogP contribution in [-0.2, 0) is 11.3 Å². The first-order valence-corrected chi connectivity index (χ1v) is 7.57. The molecule has 2 atom stereocenters. The summed E-state index contributed by atoms with van der Waals surface area (Å²) in [5.41, 5.74) is 2.43. The van der Waals surface area contributed by atoms with Crippen LogP contribution in [0.3, 0.4) is 0 Å². The van der Waals surface area contributed by atoms with Gasteiger partial charge < -0.3 is 4.74 Å². The average Bonchev–Trinajstić information content (AvgIpc) is 2.78. The van der Waals surface area contributed by atoms with E-state index in [-0.39, 0.29) is 12.1 Å². The van der Waals surface area contributed by atoms with E-state index in [0.29, 0.717) is 12.6 Å². The van der Waals surface area contributed by atoms with E-state index in [1.807, 2.05) is 41.3 Å². The van der Waals surface area contributed by atoms with Crippen LogP contribution in [0.1, 0.15) is 31.2 Å². The van der Waals surface area contributed by atoms with Crippen LogP contribution in [0.2, 0.25) is 0 Å². The van der Waals surface area contributed by atoms with E-state index in [1.54, 1.807) is 0 Å². The van der Waals surface area contributed by atoms with Gasteiger partial charge in [0.25, 0.3) is 0 Å². The van der Waals surface area contributed by atoms with Crippen molar-refractivity contribution in [3.05, 3.63) is 60.2 Å². The highest BCUT2D eigenvalue weighted by molar-refractivity contribution is 5.70. The van der Waals surface area contributed by atoms with Gasteiger partial charge >= 0.3 is 6.09 Å². The molecule has 0 spiro atoms. The van der Waals surface area contributed by atoms with Crippen LogP contribution >= 0.6 is 0 Å². The van der Waals surface area contributed by atoms with E-state index in [1.165, 1.54) is 5.57 Å². The maximum Gasteiger partial charge on any atom is 0.410 e. The van der Waals surface area contributed by atoms with Crippen molar-refractivity contribution in [3.8, 4) is 0 Å². The summed E-state index contributed by atoms with van der Waals surface area (Å²) in [6.45, 7) is 4.14. The second-order valence-corrected chi connectivity index (χ2v) is 5.77. The van der Waals surface area contributed by atoms with E-state index >= 15 is 0 Å². The topological polar surface area (TPSA) is 29.5 Å². The lowest BCUT2D eigenvalue weighted by molar-refractivity contribution is 0.0816. The molecule has 3 rings (SSSR count). The molecule has 0 aliphatic carbocycles. The Hall–Kier alpha value is -2.03. The smallest absolute Gasteiger partial charge is 0.410 e. The normalized spacial score (nSPS) is 23.6. The molecule has 2 bridgehead atoms. The number of hydrogen-bond donors (Lipinski definition) is 0. The quantitative estimate of drug-likeness (QED) is 0.780. The molecule has 21 heavy (non-hydrogen) atoms. The zero-order chi connectivity index (χ0) is 14.7. The summed E-state index contributed by atoms with van der Waals surface area (Å²) in [5, 5.41) is 0. The molecule has 3 heteroatoms. The van der Waals surface area contributed by atoms with Gasteiger partial charge in [-0.3, -0.25) is 4.90 Å². The lowest BCUT2D eigenvalue weighted by Gasteiger charge is -2.33. The first-order chi connectivity index (χ1) is 10.3. The molecule has 2 aliphatic rings. The minimum atomic E-state index is -0.180. The summed E-state index contributed by atoms with van der Waals surface area (Å²) in [7, 11) is 0. The van der Waals surface area contributed by atoms with Gasteiger partial charge in [0.05, 0.1) is 6.04 Å². The second kappa shape index (κ2) is 6.17. The Morgan fingerprint density at radius 1 is 1.33 bits per heavy atom. The summed E-state index contributed by atoms with van der Waals surface area (Å²) < 4.78 is 5.48. The molecule has 1 aromatic carbocycles. The number of carbonyl (C=O) groups excluding carboxylic acids is 1. The lowest BCUT2D eigenvalue weighted by atomic mass is 9.99. The Balaban J connectivity index is 1.62. The SMILES string of the molecule is C=CCC1=CC2CCC(C1)N2C(=O)OCc1ccccc1. The minimum Gasteiger partial charge on any atom is -0.445 e. The molecule has 1 amide bonds. The number of allylic oxidation sites excluding steroid dienone is 1. The van der Waals surface area contributed by atoms with Gasteiger partial charge in [-0.15, -0.1) is 6.58 Å². The number of carbonyl (C=O) groups is 1. The largest absolute Gasteiger partial charge is 0.445 e. The third kappa shape index (κ3) is 3.02. The molecular formula is C18H21NO2. The number of fused-ring (bicyclic) bond motifs is 2. The van der Waals surface area contributed by atoms with Crippen molar-refractivity contribution < 1.29 is 9.53 Å². The van der Waals surface area contributed by atoms with E-state index in [0.717, 1.165) is 31.2 Å². The van der Waals surface area contributed by atoms with Crippen LogP contribution in [0.4, 0.5) is 4.79 Å². The predicted molar refractivity (Wildman–Crippen MR) is 82.8 cm³/mol. The van der Waals surface area contributed by atoms with Crippen molar-refractivity contribution in [2.24, 2.45) is 0 Å². The van der Waals surface area contributed by atoms with E-state index in [2.05, 4.69) is 12.7 Å². The van der Waals surface area contributed by atoms with Crippen molar-refractivity contribution in [1.82, 2.24) is 4.90 Å². The molecule has 3 nitrogen and oxygen atoms in total. The highest BCUT2D eigenvalue weighted by atomic mass is 16.6. The molecule has 1 fully saturated rings. The second-order valence-electron chi connectivity index (χ2n) is 5.77. The van der Waals surface area contributed by atoms with E-state index < -0.39 is 0 Å². The van der Waals surface area contributed by atoms with Gasteiger partial charge in [-0.1, -0.05) is 48.1 Å². The summed E-state index contributed by atoms with van der Waals surface area (Å²) in [6, 6.07) is 10.3. The monoisotopic (exact) mass is 283 g/mol. The molecule has 0 saturated carbocycles. The zero-order valence-corrected chi connectivity index (χ0v) is 12.2. The first-order valence-electron chi connectivity index (χ1n) is 7.57. The maximum atomic E-state index is 12.4. The summed E-state index contributed by atoms with van der Waals surface area (Å²) in [5.74, 6) is 0. The molecule has 0 N–H and O–H groups in total. The molecule has 0 aromatic heterocycles. The minimum absolute atomic E-state index is 0.180. The van der Waals surface area contributed by atoms with Gasteiger partial charge in [0.2, 0.25) is 0 Å². The Labute approximate surface area is 125 Å². The number of nitrogens with zero attached hydrogens (tertiary/aromatic N) is 1. The van der Waals surface area contributed by atoms with Gasteiger partial charge in [0.1, 0.15) is 6.61 Å². The van der Waals surface area contributed by atoms with Gasteiger partial charge in [0, 0.05) is 6.04 Å². The van der Waals surface area contributed by atoms with Crippen LogP contribution in [0, 0.1) is 0 Å². The van der Waals surface area contributed by atoms with Gasteiger partial charge in [-0.25, -0.2) is 4.79 Å². The number of benzene rings is 1. The summed E-state index contributed by atoms with van der Waals surface area (Å²) >= 11 is 0. The molecule has 1 aromatic rings. The molecule has 1 saturated heterocycles. The molecular weight excluding hydrogens is 262 g/mol. The Kier molecular flexibility index (Phi) is 4.09. The van der Waals surface area contributed by atoms with Crippen LogP contribution in [-0.4, -0.2) is 23.1 Å². The van der Waals surface area contributed by atoms with E-state index in [9.17, 15) is 4.79 Å². The van der Waals surface area contributed by atoms with E-state index in [4.69, 9.17) is 4.74 Å². The third-order valence-corrected chi connectivity index (χ3v) is 4.29. The summed E-state index contributed by atoms with van der Waals surface area (Å²) in [4.78, 5) is 14.3. The number of ether oxygens (including phenoxy) is 1. The number of rotatable bonds is 4. The van der Waals surface area contributed by atoms with Gasteiger partial charge in [-0.05, 0) is 31.2 Å². The highest BCUT2D eigenvalue weighted by Gasteiger charge is 2.40.